The van der Waals surface area contributed by atoms with Gasteiger partial charge in [-0.3, -0.25) is 0 Å². The number of aliphatic hydroxyl groups excluding tert-OH is 1. The summed E-state index contributed by atoms with van der Waals surface area (Å²) < 4.78 is 11.2. The lowest BCUT2D eigenvalue weighted by atomic mass is 10.1. The molecule has 1 aromatic carbocycles. The molecule has 0 amide bonds. The molecule has 0 saturated heterocycles. The maximum absolute atomic E-state index is 8.77. The van der Waals surface area contributed by atoms with E-state index in [4.69, 9.17) is 14.6 Å². The second-order valence-electron chi connectivity index (χ2n) is 6.21. The van der Waals surface area contributed by atoms with Crippen LogP contribution >= 0.6 is 0 Å². The van der Waals surface area contributed by atoms with Crippen LogP contribution in [0.25, 0.3) is 0 Å². The molecular formula is C17H29NO3. The molecule has 0 spiro atoms. The van der Waals surface area contributed by atoms with Crippen LogP contribution in [-0.4, -0.2) is 31.0 Å². The van der Waals surface area contributed by atoms with E-state index in [9.17, 15) is 0 Å². The number of unbranched alkanes of at least 4 members (excludes halogenated alkanes) is 2. The number of aliphatic hydroxyl groups is 1. The van der Waals surface area contributed by atoms with Crippen molar-refractivity contribution < 1.29 is 14.6 Å². The number of nitrogens with one attached hydrogen (secondary N) is 1. The Balaban J connectivity index is 2.63. The maximum atomic E-state index is 8.77. The fourth-order valence-corrected chi connectivity index (χ4v) is 1.89. The van der Waals surface area contributed by atoms with Crippen molar-refractivity contribution in [2.45, 2.75) is 52.1 Å². The molecule has 0 aliphatic heterocycles. The first-order valence-corrected chi connectivity index (χ1v) is 7.62. The molecule has 1 rings (SSSR count). The highest BCUT2D eigenvalue weighted by Crippen LogP contribution is 2.25. The summed E-state index contributed by atoms with van der Waals surface area (Å²) in [4.78, 5) is 0. The zero-order valence-electron chi connectivity index (χ0n) is 13.7. The number of hydrogen-bond acceptors (Lipinski definition) is 4. The topological polar surface area (TPSA) is 50.7 Å². The number of methoxy groups -OCH3 is 1. The molecule has 0 aromatic heterocycles. The Labute approximate surface area is 128 Å². The van der Waals surface area contributed by atoms with Gasteiger partial charge in [-0.05, 0) is 58.2 Å². The van der Waals surface area contributed by atoms with Crippen molar-refractivity contribution in [2.75, 3.05) is 20.3 Å². The van der Waals surface area contributed by atoms with Gasteiger partial charge in [0.2, 0.25) is 0 Å². The summed E-state index contributed by atoms with van der Waals surface area (Å²) in [6.45, 7) is 8.10. The third-order valence-electron chi connectivity index (χ3n) is 3.14. The number of hydrogen-bond donors (Lipinski definition) is 2. The van der Waals surface area contributed by atoms with Crippen LogP contribution in [0.3, 0.4) is 0 Å². The van der Waals surface area contributed by atoms with E-state index < -0.39 is 0 Å². The van der Waals surface area contributed by atoms with Crippen molar-refractivity contribution in [2.24, 2.45) is 0 Å². The molecule has 0 heterocycles. The molecule has 4 nitrogen and oxygen atoms in total. The second kappa shape index (κ2) is 8.90. The van der Waals surface area contributed by atoms with Crippen molar-refractivity contribution >= 4 is 0 Å². The smallest absolute Gasteiger partial charge is 0.124 e. The lowest BCUT2D eigenvalue weighted by Gasteiger charge is -2.22. The van der Waals surface area contributed by atoms with Crippen LogP contribution in [0.1, 0.15) is 45.6 Å². The van der Waals surface area contributed by atoms with Crippen molar-refractivity contribution in [3.63, 3.8) is 0 Å². The lowest BCUT2D eigenvalue weighted by Crippen LogP contribution is -2.35. The minimum Gasteiger partial charge on any atom is -0.497 e. The lowest BCUT2D eigenvalue weighted by molar-refractivity contribution is 0.264. The molecule has 0 atom stereocenters. The van der Waals surface area contributed by atoms with E-state index in [1.807, 2.05) is 18.2 Å². The van der Waals surface area contributed by atoms with Gasteiger partial charge in [-0.1, -0.05) is 0 Å². The van der Waals surface area contributed by atoms with Crippen LogP contribution in [0.2, 0.25) is 0 Å². The van der Waals surface area contributed by atoms with Crippen LogP contribution in [-0.2, 0) is 6.54 Å². The largest absolute Gasteiger partial charge is 0.497 e. The van der Waals surface area contributed by atoms with Crippen LogP contribution in [0, 0.1) is 0 Å². The van der Waals surface area contributed by atoms with E-state index in [0.29, 0.717) is 6.61 Å². The van der Waals surface area contributed by atoms with Crippen molar-refractivity contribution in [1.82, 2.24) is 5.32 Å². The molecule has 1 aromatic rings. The van der Waals surface area contributed by atoms with E-state index >= 15 is 0 Å². The van der Waals surface area contributed by atoms with Gasteiger partial charge in [0.05, 0.1) is 13.7 Å². The fourth-order valence-electron chi connectivity index (χ4n) is 1.89. The third kappa shape index (κ3) is 7.34. The highest BCUT2D eigenvalue weighted by atomic mass is 16.5. The predicted molar refractivity (Wildman–Crippen MR) is 86.0 cm³/mol. The molecule has 0 aliphatic carbocycles. The van der Waals surface area contributed by atoms with Gasteiger partial charge in [-0.25, -0.2) is 0 Å². The predicted octanol–water partition coefficient (Wildman–Crippen LogP) is 3.12. The van der Waals surface area contributed by atoms with Gasteiger partial charge in [0.25, 0.3) is 0 Å². The fraction of sp³-hybridized carbons (Fsp3) is 0.647. The van der Waals surface area contributed by atoms with Gasteiger partial charge >= 0.3 is 0 Å². The molecule has 2 N–H and O–H groups in total. The zero-order valence-corrected chi connectivity index (χ0v) is 13.7. The van der Waals surface area contributed by atoms with E-state index in [1.54, 1.807) is 7.11 Å². The normalized spacial score (nSPS) is 11.5. The van der Waals surface area contributed by atoms with Crippen LogP contribution in [0.4, 0.5) is 0 Å². The van der Waals surface area contributed by atoms with Gasteiger partial charge in [0.15, 0.2) is 0 Å². The highest BCUT2D eigenvalue weighted by Gasteiger charge is 2.12. The van der Waals surface area contributed by atoms with Gasteiger partial charge in [0.1, 0.15) is 11.5 Å². The SMILES string of the molecule is COc1ccc(OCCCCCO)c(CNC(C)(C)C)c1. The Morgan fingerprint density at radius 2 is 1.90 bits per heavy atom. The Bertz CT molecular complexity index is 413. The average molecular weight is 295 g/mol. The molecule has 0 fully saturated rings. The molecule has 4 heteroatoms. The molecule has 21 heavy (non-hydrogen) atoms. The molecule has 0 unspecified atom stereocenters. The first kappa shape index (κ1) is 17.8. The molecule has 0 saturated carbocycles. The summed E-state index contributed by atoms with van der Waals surface area (Å²) in [5, 5.41) is 12.2. The zero-order chi connectivity index (χ0) is 15.7. The summed E-state index contributed by atoms with van der Waals surface area (Å²) >= 11 is 0. The summed E-state index contributed by atoms with van der Waals surface area (Å²) in [5.41, 5.74) is 1.16. The summed E-state index contributed by atoms with van der Waals surface area (Å²) in [5.74, 6) is 1.74. The van der Waals surface area contributed by atoms with Crippen molar-refractivity contribution in [1.29, 1.82) is 0 Å². The molecule has 0 aliphatic rings. The van der Waals surface area contributed by atoms with E-state index in [1.165, 1.54) is 0 Å². The van der Waals surface area contributed by atoms with Crippen molar-refractivity contribution in [3.8, 4) is 11.5 Å². The van der Waals surface area contributed by atoms with Gasteiger partial charge in [-0.2, -0.15) is 0 Å². The number of ether oxygens (including phenoxy) is 2. The Hall–Kier alpha value is -1.26. The van der Waals surface area contributed by atoms with E-state index in [0.717, 1.165) is 42.9 Å². The van der Waals surface area contributed by atoms with Gasteiger partial charge in [-0.15, -0.1) is 0 Å². The number of rotatable bonds is 9. The van der Waals surface area contributed by atoms with Gasteiger partial charge in [0, 0.05) is 24.3 Å². The Morgan fingerprint density at radius 1 is 1.14 bits per heavy atom. The molecule has 0 bridgehead atoms. The quantitative estimate of drug-likeness (QED) is 0.687. The molecule has 120 valence electrons. The minimum absolute atomic E-state index is 0.0570. The first-order valence-electron chi connectivity index (χ1n) is 7.62. The number of benzene rings is 1. The van der Waals surface area contributed by atoms with Gasteiger partial charge < -0.3 is 19.9 Å². The van der Waals surface area contributed by atoms with Crippen molar-refractivity contribution in [3.05, 3.63) is 23.8 Å². The summed E-state index contributed by atoms with van der Waals surface area (Å²) in [7, 11) is 1.67. The average Bonchev–Trinajstić information content (AvgIpc) is 2.44. The van der Waals surface area contributed by atoms with Crippen LogP contribution in [0.5, 0.6) is 11.5 Å². The van der Waals surface area contributed by atoms with Crippen LogP contribution < -0.4 is 14.8 Å². The maximum Gasteiger partial charge on any atom is 0.124 e. The summed E-state index contributed by atoms with van der Waals surface area (Å²) in [6.07, 6.45) is 2.78. The Kier molecular flexibility index (Phi) is 7.54. The van der Waals surface area contributed by atoms with E-state index in [-0.39, 0.29) is 12.1 Å². The minimum atomic E-state index is 0.0570. The molecular weight excluding hydrogens is 266 g/mol. The second-order valence-corrected chi connectivity index (χ2v) is 6.21. The summed E-state index contributed by atoms with van der Waals surface area (Å²) in [6, 6.07) is 5.90. The Morgan fingerprint density at radius 3 is 2.52 bits per heavy atom. The van der Waals surface area contributed by atoms with E-state index in [2.05, 4.69) is 26.1 Å². The third-order valence-corrected chi connectivity index (χ3v) is 3.14. The monoisotopic (exact) mass is 295 g/mol. The first-order chi connectivity index (χ1) is 9.96. The molecule has 0 radical (unpaired) electrons. The standard InChI is InChI=1S/C17H29NO3/c1-17(2,3)18-13-14-12-15(20-4)8-9-16(14)21-11-7-5-6-10-19/h8-9,12,18-19H,5-7,10-11,13H2,1-4H3. The van der Waals surface area contributed by atoms with Crippen LogP contribution in [0.15, 0.2) is 18.2 Å². The highest BCUT2D eigenvalue weighted by molar-refractivity contribution is 5.40.